The van der Waals surface area contributed by atoms with Crippen LogP contribution >= 0.6 is 0 Å². The van der Waals surface area contributed by atoms with Gasteiger partial charge in [-0.2, -0.15) is 0 Å². The molecule has 0 aliphatic heterocycles. The molecule has 0 spiro atoms. The van der Waals surface area contributed by atoms with E-state index in [2.05, 4.69) is 27.8 Å². The Balaban J connectivity index is 1.33. The number of methoxy groups -OCH3 is 1. The van der Waals surface area contributed by atoms with Gasteiger partial charge >= 0.3 is 0 Å². The maximum atomic E-state index is 11.9. The maximum absolute atomic E-state index is 11.9. The van der Waals surface area contributed by atoms with E-state index in [1.165, 1.54) is 16.5 Å². The van der Waals surface area contributed by atoms with E-state index < -0.39 is 0 Å². The minimum atomic E-state index is 0.0274. The number of amides is 1. The zero-order chi connectivity index (χ0) is 18.2. The SMILES string of the molecule is COc1ccc(CCNCC(=O)NCCc2c[nH]c3ccccc23)cc1. The Morgan fingerprint density at radius 3 is 2.65 bits per heavy atom. The molecule has 0 unspecified atom stereocenters. The van der Waals surface area contributed by atoms with Gasteiger partial charge in [0, 0.05) is 23.6 Å². The van der Waals surface area contributed by atoms with Crippen molar-refractivity contribution in [2.45, 2.75) is 12.8 Å². The summed E-state index contributed by atoms with van der Waals surface area (Å²) in [6.45, 7) is 1.74. The Hall–Kier alpha value is -2.79. The van der Waals surface area contributed by atoms with Crippen LogP contribution in [0.3, 0.4) is 0 Å². The number of nitrogens with one attached hydrogen (secondary N) is 3. The van der Waals surface area contributed by atoms with E-state index in [1.807, 2.05) is 42.6 Å². The summed E-state index contributed by atoms with van der Waals surface area (Å²) in [5, 5.41) is 7.38. The van der Waals surface area contributed by atoms with Crippen LogP contribution in [-0.2, 0) is 17.6 Å². The fourth-order valence-electron chi connectivity index (χ4n) is 2.96. The lowest BCUT2D eigenvalue weighted by molar-refractivity contribution is -0.120. The second-order valence-corrected chi connectivity index (χ2v) is 6.23. The highest BCUT2D eigenvalue weighted by Crippen LogP contribution is 2.17. The van der Waals surface area contributed by atoms with Gasteiger partial charge in [0.15, 0.2) is 0 Å². The van der Waals surface area contributed by atoms with E-state index in [-0.39, 0.29) is 5.91 Å². The van der Waals surface area contributed by atoms with Gasteiger partial charge in [0.1, 0.15) is 5.75 Å². The van der Waals surface area contributed by atoms with E-state index in [1.54, 1.807) is 7.11 Å². The van der Waals surface area contributed by atoms with Gasteiger partial charge in [-0.3, -0.25) is 4.79 Å². The van der Waals surface area contributed by atoms with Crippen molar-refractivity contribution in [3.63, 3.8) is 0 Å². The molecule has 5 heteroatoms. The minimum absolute atomic E-state index is 0.0274. The second-order valence-electron chi connectivity index (χ2n) is 6.23. The average molecular weight is 351 g/mol. The molecule has 136 valence electrons. The van der Waals surface area contributed by atoms with Gasteiger partial charge in [-0.15, -0.1) is 0 Å². The summed E-state index contributed by atoms with van der Waals surface area (Å²) in [4.78, 5) is 15.2. The standard InChI is InChI=1S/C21H25N3O2/c1-26-18-8-6-16(7-9-18)10-12-22-15-21(25)23-13-11-17-14-24-20-5-3-2-4-19(17)20/h2-9,14,22,24H,10-13,15H2,1H3,(H,23,25). The van der Waals surface area contributed by atoms with Crippen LogP contribution in [0.2, 0.25) is 0 Å². The molecule has 0 radical (unpaired) electrons. The summed E-state index contributed by atoms with van der Waals surface area (Å²) >= 11 is 0. The molecule has 0 atom stereocenters. The summed E-state index contributed by atoms with van der Waals surface area (Å²) in [6, 6.07) is 16.2. The number of rotatable bonds is 9. The van der Waals surface area contributed by atoms with Gasteiger partial charge in [-0.1, -0.05) is 30.3 Å². The normalized spacial score (nSPS) is 10.8. The number of hydrogen-bond acceptors (Lipinski definition) is 3. The molecule has 0 fully saturated rings. The minimum Gasteiger partial charge on any atom is -0.497 e. The van der Waals surface area contributed by atoms with Crippen molar-refractivity contribution in [2.75, 3.05) is 26.7 Å². The molecule has 1 heterocycles. The maximum Gasteiger partial charge on any atom is 0.233 e. The Morgan fingerprint density at radius 1 is 1.04 bits per heavy atom. The quantitative estimate of drug-likeness (QED) is 0.519. The van der Waals surface area contributed by atoms with Crippen molar-refractivity contribution in [3.8, 4) is 5.75 Å². The Labute approximate surface area is 153 Å². The number of benzene rings is 2. The third-order valence-electron chi connectivity index (χ3n) is 4.43. The fourth-order valence-corrected chi connectivity index (χ4v) is 2.96. The van der Waals surface area contributed by atoms with Crippen LogP contribution in [-0.4, -0.2) is 37.6 Å². The average Bonchev–Trinajstić information content (AvgIpc) is 3.09. The van der Waals surface area contributed by atoms with Crippen LogP contribution in [0, 0.1) is 0 Å². The van der Waals surface area contributed by atoms with E-state index in [0.29, 0.717) is 13.1 Å². The number of H-pyrrole nitrogens is 1. The Morgan fingerprint density at radius 2 is 1.85 bits per heavy atom. The van der Waals surface area contributed by atoms with Gasteiger partial charge in [-0.05, 0) is 48.7 Å². The first-order chi connectivity index (χ1) is 12.8. The third kappa shape index (κ3) is 4.86. The number of aromatic nitrogens is 1. The van der Waals surface area contributed by atoms with Crippen LogP contribution in [0.15, 0.2) is 54.7 Å². The van der Waals surface area contributed by atoms with Crippen molar-refractivity contribution in [1.29, 1.82) is 0 Å². The first-order valence-corrected chi connectivity index (χ1v) is 8.91. The Kier molecular flexibility index (Phi) is 6.28. The highest BCUT2D eigenvalue weighted by atomic mass is 16.5. The number of hydrogen-bond donors (Lipinski definition) is 3. The van der Waals surface area contributed by atoms with Gasteiger partial charge in [0.2, 0.25) is 5.91 Å². The predicted octanol–water partition coefficient (Wildman–Crippen LogP) is 2.67. The van der Waals surface area contributed by atoms with Gasteiger partial charge in [-0.25, -0.2) is 0 Å². The molecule has 1 aromatic heterocycles. The molecule has 3 rings (SSSR count). The monoisotopic (exact) mass is 351 g/mol. The summed E-state index contributed by atoms with van der Waals surface area (Å²) in [6.07, 6.45) is 3.72. The van der Waals surface area contributed by atoms with Gasteiger partial charge in [0.05, 0.1) is 13.7 Å². The zero-order valence-corrected chi connectivity index (χ0v) is 15.0. The molecule has 0 aliphatic rings. The van der Waals surface area contributed by atoms with Gasteiger partial charge in [0.25, 0.3) is 0 Å². The lowest BCUT2D eigenvalue weighted by Crippen LogP contribution is -2.35. The van der Waals surface area contributed by atoms with Crippen LogP contribution < -0.4 is 15.4 Å². The van der Waals surface area contributed by atoms with Crippen LogP contribution in [0.25, 0.3) is 10.9 Å². The second kappa shape index (κ2) is 9.06. The van der Waals surface area contributed by atoms with Crippen molar-refractivity contribution in [2.24, 2.45) is 0 Å². The number of carbonyl (C=O) groups excluding carboxylic acids is 1. The summed E-state index contributed by atoms with van der Waals surface area (Å²) < 4.78 is 5.14. The number of ether oxygens (including phenoxy) is 1. The Bertz CT molecular complexity index is 840. The molecule has 0 saturated carbocycles. The van der Waals surface area contributed by atoms with Crippen molar-refractivity contribution < 1.29 is 9.53 Å². The van der Waals surface area contributed by atoms with Crippen LogP contribution in [0.5, 0.6) is 5.75 Å². The molecule has 1 amide bonds. The molecular formula is C21H25N3O2. The molecule has 3 N–H and O–H groups in total. The molecular weight excluding hydrogens is 326 g/mol. The summed E-state index contributed by atoms with van der Waals surface area (Å²) in [5.74, 6) is 0.885. The number of para-hydroxylation sites is 1. The topological polar surface area (TPSA) is 66.2 Å². The fraction of sp³-hybridized carbons (Fsp3) is 0.286. The molecule has 0 saturated heterocycles. The number of aromatic amines is 1. The summed E-state index contributed by atoms with van der Waals surface area (Å²) in [5.41, 5.74) is 3.58. The van der Waals surface area contributed by atoms with E-state index >= 15 is 0 Å². The molecule has 26 heavy (non-hydrogen) atoms. The van der Waals surface area contributed by atoms with Crippen molar-refractivity contribution in [3.05, 3.63) is 65.9 Å². The van der Waals surface area contributed by atoms with E-state index in [4.69, 9.17) is 4.74 Å². The molecule has 5 nitrogen and oxygen atoms in total. The lowest BCUT2D eigenvalue weighted by atomic mass is 10.1. The molecule has 3 aromatic rings. The first-order valence-electron chi connectivity index (χ1n) is 8.91. The number of carbonyl (C=O) groups is 1. The highest BCUT2D eigenvalue weighted by Gasteiger charge is 2.04. The van der Waals surface area contributed by atoms with Crippen LogP contribution in [0.1, 0.15) is 11.1 Å². The smallest absolute Gasteiger partial charge is 0.233 e. The summed E-state index contributed by atoms with van der Waals surface area (Å²) in [7, 11) is 1.66. The van der Waals surface area contributed by atoms with Crippen LogP contribution in [0.4, 0.5) is 0 Å². The van der Waals surface area contributed by atoms with E-state index in [0.717, 1.165) is 30.7 Å². The van der Waals surface area contributed by atoms with Crippen molar-refractivity contribution in [1.82, 2.24) is 15.6 Å². The van der Waals surface area contributed by atoms with E-state index in [9.17, 15) is 4.79 Å². The molecule has 0 bridgehead atoms. The van der Waals surface area contributed by atoms with Gasteiger partial charge < -0.3 is 20.4 Å². The first kappa shape index (κ1) is 18.0. The lowest BCUT2D eigenvalue weighted by Gasteiger charge is -2.07. The third-order valence-corrected chi connectivity index (χ3v) is 4.43. The predicted molar refractivity (Wildman–Crippen MR) is 105 cm³/mol. The zero-order valence-electron chi connectivity index (χ0n) is 15.0. The van der Waals surface area contributed by atoms with Crippen molar-refractivity contribution >= 4 is 16.8 Å². The molecule has 0 aliphatic carbocycles. The largest absolute Gasteiger partial charge is 0.497 e. The highest BCUT2D eigenvalue weighted by molar-refractivity contribution is 5.83. The molecule has 2 aromatic carbocycles. The number of fused-ring (bicyclic) bond motifs is 1.